The van der Waals surface area contributed by atoms with Crippen molar-refractivity contribution in [2.75, 3.05) is 5.73 Å². The van der Waals surface area contributed by atoms with Crippen LogP contribution in [0.2, 0.25) is 5.02 Å². The molecule has 1 aromatic carbocycles. The zero-order chi connectivity index (χ0) is 8.55. The van der Waals surface area contributed by atoms with Gasteiger partial charge in [0.2, 0.25) is 5.95 Å². The van der Waals surface area contributed by atoms with Crippen molar-refractivity contribution in [2.45, 2.75) is 0 Å². The van der Waals surface area contributed by atoms with E-state index in [-0.39, 0.29) is 5.95 Å². The fraction of sp³-hybridized carbons (Fsp3) is 0. The Morgan fingerprint density at radius 3 is 3.00 bits per heavy atom. The minimum absolute atomic E-state index is 0.282. The van der Waals surface area contributed by atoms with E-state index in [1.165, 1.54) is 0 Å². The Morgan fingerprint density at radius 1 is 1.33 bits per heavy atom. The van der Waals surface area contributed by atoms with Crippen LogP contribution in [0.1, 0.15) is 0 Å². The van der Waals surface area contributed by atoms with E-state index < -0.39 is 0 Å². The van der Waals surface area contributed by atoms with Crippen molar-refractivity contribution in [3.8, 4) is 0 Å². The minimum Gasteiger partial charge on any atom is -0.368 e. The normalized spacial score (nSPS) is 10.4. The van der Waals surface area contributed by atoms with E-state index in [4.69, 9.17) is 17.3 Å². The Labute approximate surface area is 74.2 Å². The summed E-state index contributed by atoms with van der Waals surface area (Å²) in [6.45, 7) is 0. The summed E-state index contributed by atoms with van der Waals surface area (Å²) < 4.78 is 0. The van der Waals surface area contributed by atoms with Crippen LogP contribution in [0.15, 0.2) is 24.4 Å². The largest absolute Gasteiger partial charge is 0.368 e. The van der Waals surface area contributed by atoms with Gasteiger partial charge in [0.25, 0.3) is 0 Å². The number of nitrogens with two attached hydrogens (primary N) is 1. The number of hydrogen-bond donors (Lipinski definition) is 1. The third kappa shape index (κ3) is 1.19. The Balaban J connectivity index is 2.79. The SMILES string of the molecule is Nc1ncc2cc(Cl)ccc2n1. The average molecular weight is 180 g/mol. The fourth-order valence-electron chi connectivity index (χ4n) is 1.02. The fourth-order valence-corrected chi connectivity index (χ4v) is 1.20. The molecule has 60 valence electrons. The maximum Gasteiger partial charge on any atom is 0.220 e. The first-order valence-corrected chi connectivity index (χ1v) is 3.81. The smallest absolute Gasteiger partial charge is 0.220 e. The van der Waals surface area contributed by atoms with Crippen molar-refractivity contribution >= 4 is 28.5 Å². The van der Waals surface area contributed by atoms with E-state index in [9.17, 15) is 0 Å². The first-order valence-electron chi connectivity index (χ1n) is 3.43. The van der Waals surface area contributed by atoms with Gasteiger partial charge in [0.05, 0.1) is 5.52 Å². The Morgan fingerprint density at radius 2 is 2.17 bits per heavy atom. The Bertz CT molecular complexity index is 386. The number of halogens is 1. The van der Waals surface area contributed by atoms with Gasteiger partial charge in [0.15, 0.2) is 0 Å². The van der Waals surface area contributed by atoms with E-state index in [2.05, 4.69) is 9.97 Å². The number of nitrogens with zero attached hydrogens (tertiary/aromatic N) is 2. The highest BCUT2D eigenvalue weighted by Crippen LogP contribution is 2.16. The summed E-state index contributed by atoms with van der Waals surface area (Å²) >= 11 is 5.77. The summed E-state index contributed by atoms with van der Waals surface area (Å²) in [5, 5.41) is 1.58. The molecule has 1 heterocycles. The third-order valence-corrected chi connectivity index (χ3v) is 1.80. The van der Waals surface area contributed by atoms with E-state index in [1.807, 2.05) is 6.07 Å². The van der Waals surface area contributed by atoms with Gasteiger partial charge in [0, 0.05) is 16.6 Å². The van der Waals surface area contributed by atoms with Gasteiger partial charge in [-0.2, -0.15) is 0 Å². The van der Waals surface area contributed by atoms with Crippen LogP contribution in [-0.4, -0.2) is 9.97 Å². The molecule has 0 bridgehead atoms. The van der Waals surface area contributed by atoms with Gasteiger partial charge < -0.3 is 5.73 Å². The van der Waals surface area contributed by atoms with Crippen molar-refractivity contribution in [1.29, 1.82) is 0 Å². The van der Waals surface area contributed by atoms with Crippen LogP contribution in [0.3, 0.4) is 0 Å². The second-order valence-corrected chi connectivity index (χ2v) is 2.87. The molecule has 0 unspecified atom stereocenters. The lowest BCUT2D eigenvalue weighted by Gasteiger charge is -1.97. The van der Waals surface area contributed by atoms with Gasteiger partial charge >= 0.3 is 0 Å². The molecule has 4 heteroatoms. The van der Waals surface area contributed by atoms with Crippen molar-refractivity contribution in [3.05, 3.63) is 29.4 Å². The molecule has 2 N–H and O–H groups in total. The van der Waals surface area contributed by atoms with Crippen molar-refractivity contribution in [2.24, 2.45) is 0 Å². The number of rotatable bonds is 0. The number of hydrogen-bond acceptors (Lipinski definition) is 3. The molecular weight excluding hydrogens is 174 g/mol. The molecule has 1 aromatic heterocycles. The summed E-state index contributed by atoms with van der Waals surface area (Å²) in [4.78, 5) is 7.88. The molecule has 3 nitrogen and oxygen atoms in total. The molecule has 0 atom stereocenters. The number of nitrogen functional groups attached to an aromatic ring is 1. The average Bonchev–Trinajstić information content (AvgIpc) is 2.05. The number of fused-ring (bicyclic) bond motifs is 1. The summed E-state index contributed by atoms with van der Waals surface area (Å²) in [5.41, 5.74) is 6.22. The van der Waals surface area contributed by atoms with Crippen molar-refractivity contribution in [1.82, 2.24) is 9.97 Å². The van der Waals surface area contributed by atoms with Crippen LogP contribution in [-0.2, 0) is 0 Å². The molecule has 0 radical (unpaired) electrons. The van der Waals surface area contributed by atoms with Crippen molar-refractivity contribution < 1.29 is 0 Å². The van der Waals surface area contributed by atoms with Crippen LogP contribution >= 0.6 is 11.6 Å². The third-order valence-electron chi connectivity index (χ3n) is 1.56. The summed E-state index contributed by atoms with van der Waals surface area (Å²) in [7, 11) is 0. The van der Waals surface area contributed by atoms with Crippen LogP contribution in [0.5, 0.6) is 0 Å². The molecule has 0 aliphatic heterocycles. The molecule has 0 fully saturated rings. The van der Waals surface area contributed by atoms with E-state index in [1.54, 1.807) is 18.3 Å². The molecule has 0 aliphatic carbocycles. The monoisotopic (exact) mass is 179 g/mol. The number of aromatic nitrogens is 2. The molecule has 0 saturated carbocycles. The van der Waals surface area contributed by atoms with Crippen LogP contribution < -0.4 is 5.73 Å². The second kappa shape index (κ2) is 2.60. The van der Waals surface area contributed by atoms with E-state index >= 15 is 0 Å². The maximum absolute atomic E-state index is 5.77. The highest BCUT2D eigenvalue weighted by atomic mass is 35.5. The first-order chi connectivity index (χ1) is 5.75. The van der Waals surface area contributed by atoms with Gasteiger partial charge in [-0.3, -0.25) is 0 Å². The van der Waals surface area contributed by atoms with Gasteiger partial charge in [-0.15, -0.1) is 0 Å². The zero-order valence-corrected chi connectivity index (χ0v) is 6.92. The van der Waals surface area contributed by atoms with Crippen molar-refractivity contribution in [3.63, 3.8) is 0 Å². The molecular formula is C8H6ClN3. The van der Waals surface area contributed by atoms with Gasteiger partial charge in [0.1, 0.15) is 0 Å². The van der Waals surface area contributed by atoms with Crippen LogP contribution in [0, 0.1) is 0 Å². The highest BCUT2D eigenvalue weighted by molar-refractivity contribution is 6.31. The van der Waals surface area contributed by atoms with Crippen LogP contribution in [0.4, 0.5) is 5.95 Å². The molecule has 0 spiro atoms. The first kappa shape index (κ1) is 7.31. The lowest BCUT2D eigenvalue weighted by molar-refractivity contribution is 1.24. The lowest BCUT2D eigenvalue weighted by Crippen LogP contribution is -1.93. The lowest BCUT2D eigenvalue weighted by atomic mass is 10.2. The zero-order valence-electron chi connectivity index (χ0n) is 6.16. The number of anilines is 1. The van der Waals surface area contributed by atoms with E-state index in [0.29, 0.717) is 5.02 Å². The standard InChI is InChI=1S/C8H6ClN3/c9-6-1-2-7-5(3-6)4-11-8(10)12-7/h1-4H,(H2,10,11,12). The van der Waals surface area contributed by atoms with E-state index in [0.717, 1.165) is 10.9 Å². The van der Waals surface area contributed by atoms with Gasteiger partial charge in [-0.1, -0.05) is 11.6 Å². The topological polar surface area (TPSA) is 51.8 Å². The predicted molar refractivity (Wildman–Crippen MR) is 49.0 cm³/mol. The predicted octanol–water partition coefficient (Wildman–Crippen LogP) is 1.87. The highest BCUT2D eigenvalue weighted by Gasteiger charge is 1.96. The molecule has 0 aliphatic rings. The van der Waals surface area contributed by atoms with Crippen LogP contribution in [0.25, 0.3) is 10.9 Å². The molecule has 12 heavy (non-hydrogen) atoms. The Kier molecular flexibility index (Phi) is 1.59. The summed E-state index contributed by atoms with van der Waals surface area (Å²) in [6, 6.07) is 5.39. The molecule has 2 rings (SSSR count). The quantitative estimate of drug-likeness (QED) is 0.672. The Hall–Kier alpha value is -1.35. The molecule has 2 aromatic rings. The van der Waals surface area contributed by atoms with Gasteiger partial charge in [-0.05, 0) is 18.2 Å². The minimum atomic E-state index is 0.282. The second-order valence-electron chi connectivity index (χ2n) is 2.43. The summed E-state index contributed by atoms with van der Waals surface area (Å²) in [6.07, 6.45) is 1.66. The molecule has 0 saturated heterocycles. The maximum atomic E-state index is 5.77. The van der Waals surface area contributed by atoms with Gasteiger partial charge in [-0.25, -0.2) is 9.97 Å². The summed E-state index contributed by atoms with van der Waals surface area (Å²) in [5.74, 6) is 0.282. The number of benzene rings is 1. The molecule has 0 amide bonds.